The molecule has 170 valence electrons. The molecule has 0 atom stereocenters. The molecule has 34 heavy (non-hydrogen) atoms. The Morgan fingerprint density at radius 2 is 1.82 bits per heavy atom. The maximum absolute atomic E-state index is 12.6. The van der Waals surface area contributed by atoms with Crippen molar-refractivity contribution in [2.24, 2.45) is 12.1 Å². The largest absolute Gasteiger partial charge is 0.354 e. The molecular formula is C25H22N6OS2. The Kier molecular flexibility index (Phi) is 6.37. The van der Waals surface area contributed by atoms with E-state index < -0.39 is 0 Å². The number of aromatic nitrogens is 3. The minimum atomic E-state index is -0.243. The summed E-state index contributed by atoms with van der Waals surface area (Å²) in [6, 6.07) is 21.9. The Labute approximate surface area is 206 Å². The lowest BCUT2D eigenvalue weighted by atomic mass is 10.1. The lowest BCUT2D eigenvalue weighted by Crippen LogP contribution is -2.19. The summed E-state index contributed by atoms with van der Waals surface area (Å²) in [4.78, 5) is 15.0. The molecule has 9 heteroatoms. The first-order valence-corrected chi connectivity index (χ1v) is 12.5. The molecule has 2 heterocycles. The Balaban J connectivity index is 1.21. The van der Waals surface area contributed by atoms with E-state index in [1.807, 2.05) is 61.0 Å². The second-order valence-electron chi connectivity index (χ2n) is 7.78. The summed E-state index contributed by atoms with van der Waals surface area (Å²) in [5.41, 5.74) is 8.15. The van der Waals surface area contributed by atoms with E-state index in [0.717, 1.165) is 44.0 Å². The van der Waals surface area contributed by atoms with Crippen molar-refractivity contribution < 1.29 is 4.79 Å². The molecule has 2 N–H and O–H groups in total. The molecule has 1 aliphatic rings. The number of benzene rings is 3. The number of aryl methyl sites for hydroxylation is 1. The van der Waals surface area contributed by atoms with Gasteiger partial charge >= 0.3 is 0 Å². The van der Waals surface area contributed by atoms with E-state index in [9.17, 15) is 4.79 Å². The maximum Gasteiger partial charge on any atom is 0.271 e. The number of rotatable bonds is 6. The quantitative estimate of drug-likeness (QED) is 0.188. The van der Waals surface area contributed by atoms with Gasteiger partial charge in [-0.2, -0.15) is 5.10 Å². The number of amides is 1. The van der Waals surface area contributed by atoms with Gasteiger partial charge in [0.15, 0.2) is 5.16 Å². The van der Waals surface area contributed by atoms with Gasteiger partial charge in [-0.3, -0.25) is 4.79 Å². The van der Waals surface area contributed by atoms with Crippen LogP contribution in [0, 0.1) is 0 Å². The number of hydrazone groups is 1. The summed E-state index contributed by atoms with van der Waals surface area (Å²) in [7, 11) is 1.91. The zero-order valence-electron chi connectivity index (χ0n) is 18.6. The van der Waals surface area contributed by atoms with Crippen molar-refractivity contribution >= 4 is 46.5 Å². The minimum absolute atomic E-state index is 0.243. The van der Waals surface area contributed by atoms with Crippen LogP contribution in [0.1, 0.15) is 28.4 Å². The van der Waals surface area contributed by atoms with Crippen molar-refractivity contribution in [3.63, 3.8) is 0 Å². The second kappa shape index (κ2) is 9.74. The Morgan fingerprint density at radius 1 is 1.06 bits per heavy atom. The fourth-order valence-electron chi connectivity index (χ4n) is 3.43. The number of carbonyl (C=O) groups is 1. The first-order chi connectivity index (χ1) is 16.6. The third-order valence-corrected chi connectivity index (χ3v) is 7.61. The van der Waals surface area contributed by atoms with Gasteiger partial charge in [0.1, 0.15) is 6.33 Å². The molecule has 3 aromatic carbocycles. The Morgan fingerprint density at radius 3 is 2.62 bits per heavy atom. The molecule has 0 saturated heterocycles. The highest BCUT2D eigenvalue weighted by Gasteiger charge is 2.16. The zero-order valence-corrected chi connectivity index (χ0v) is 20.3. The first kappa shape index (κ1) is 22.2. The van der Waals surface area contributed by atoms with Gasteiger partial charge in [0.25, 0.3) is 5.91 Å². The van der Waals surface area contributed by atoms with Gasteiger partial charge in [0, 0.05) is 28.2 Å². The molecule has 7 nitrogen and oxygen atoms in total. The third kappa shape index (κ3) is 4.85. The predicted molar refractivity (Wildman–Crippen MR) is 137 cm³/mol. The van der Waals surface area contributed by atoms with E-state index in [4.69, 9.17) is 0 Å². The Bertz CT molecular complexity index is 1380. The monoisotopic (exact) mass is 486 g/mol. The zero-order chi connectivity index (χ0) is 23.5. The molecule has 0 fully saturated rings. The van der Waals surface area contributed by atoms with Crippen LogP contribution in [0.4, 0.5) is 11.4 Å². The fraction of sp³-hybridized carbons (Fsp3) is 0.120. The van der Waals surface area contributed by atoms with Crippen LogP contribution in [-0.4, -0.2) is 26.4 Å². The fourth-order valence-corrected chi connectivity index (χ4v) is 5.24. The molecule has 1 aromatic heterocycles. The summed E-state index contributed by atoms with van der Waals surface area (Å²) in [5.74, 6) is 0.508. The van der Waals surface area contributed by atoms with Crippen LogP contribution in [0.3, 0.4) is 0 Å². The van der Waals surface area contributed by atoms with Crippen molar-refractivity contribution in [1.82, 2.24) is 20.2 Å². The molecule has 0 aliphatic carbocycles. The standard InChI is InChI=1S/C25H22N6OS2/c1-16(19-11-12-23-21(13-19)27-20-5-3-4-6-22(20)34-23)28-29-24(32)18-9-7-17(8-10-18)14-33-25-30-26-15-31(25)2/h3-13,15,27H,14H2,1-2H3,(H,29,32). The SMILES string of the molecule is CC(=NNC(=O)c1ccc(CSc2nncn2C)cc1)c1ccc2c(c1)Nc1ccccc1S2. The lowest BCUT2D eigenvalue weighted by molar-refractivity contribution is 0.0955. The number of para-hydroxylation sites is 1. The molecule has 1 aliphatic heterocycles. The van der Waals surface area contributed by atoms with Crippen LogP contribution in [-0.2, 0) is 12.8 Å². The highest BCUT2D eigenvalue weighted by atomic mass is 32.2. The van der Waals surface area contributed by atoms with E-state index in [-0.39, 0.29) is 5.91 Å². The van der Waals surface area contributed by atoms with Gasteiger partial charge in [-0.05, 0) is 54.4 Å². The molecule has 0 bridgehead atoms. The van der Waals surface area contributed by atoms with Crippen LogP contribution >= 0.6 is 23.5 Å². The summed E-state index contributed by atoms with van der Waals surface area (Å²) in [6.07, 6.45) is 1.68. The smallest absolute Gasteiger partial charge is 0.271 e. The molecule has 0 radical (unpaired) electrons. The molecule has 5 rings (SSSR count). The van der Waals surface area contributed by atoms with E-state index >= 15 is 0 Å². The Hall–Kier alpha value is -3.56. The van der Waals surface area contributed by atoms with Crippen LogP contribution in [0.5, 0.6) is 0 Å². The maximum atomic E-state index is 12.6. The third-order valence-electron chi connectivity index (χ3n) is 5.35. The predicted octanol–water partition coefficient (Wildman–Crippen LogP) is 5.47. The van der Waals surface area contributed by atoms with Crippen LogP contribution in [0.15, 0.2) is 93.1 Å². The molecule has 0 unspecified atom stereocenters. The van der Waals surface area contributed by atoms with Crippen LogP contribution in [0.25, 0.3) is 0 Å². The summed E-state index contributed by atoms with van der Waals surface area (Å²) in [5, 5.41) is 16.6. The number of carbonyl (C=O) groups excluding carboxylic acids is 1. The van der Waals surface area contributed by atoms with Crippen LogP contribution in [0.2, 0.25) is 0 Å². The number of nitrogens with one attached hydrogen (secondary N) is 2. The number of fused-ring (bicyclic) bond motifs is 2. The molecular weight excluding hydrogens is 464 g/mol. The number of anilines is 2. The van der Waals surface area contributed by atoms with Gasteiger partial charge in [-0.25, -0.2) is 5.43 Å². The van der Waals surface area contributed by atoms with Crippen LogP contribution < -0.4 is 10.7 Å². The van der Waals surface area contributed by atoms with Gasteiger partial charge in [-0.15, -0.1) is 10.2 Å². The van der Waals surface area contributed by atoms with Gasteiger partial charge in [0.2, 0.25) is 0 Å². The summed E-state index contributed by atoms with van der Waals surface area (Å²) in [6.45, 7) is 1.89. The average molecular weight is 487 g/mol. The summed E-state index contributed by atoms with van der Waals surface area (Å²) >= 11 is 3.34. The average Bonchev–Trinajstić information content (AvgIpc) is 3.29. The van der Waals surface area contributed by atoms with Gasteiger partial charge in [0.05, 0.1) is 17.1 Å². The minimum Gasteiger partial charge on any atom is -0.354 e. The topological polar surface area (TPSA) is 84.2 Å². The second-order valence-corrected chi connectivity index (χ2v) is 9.81. The lowest BCUT2D eigenvalue weighted by Gasteiger charge is -2.21. The number of hydrogen-bond acceptors (Lipinski definition) is 7. The summed E-state index contributed by atoms with van der Waals surface area (Å²) < 4.78 is 1.88. The van der Waals surface area contributed by atoms with E-state index in [1.165, 1.54) is 4.90 Å². The molecule has 1 amide bonds. The number of nitrogens with zero attached hydrogens (tertiary/aromatic N) is 4. The highest BCUT2D eigenvalue weighted by Crippen LogP contribution is 2.44. The number of hydrogen-bond donors (Lipinski definition) is 2. The van der Waals surface area contributed by atoms with E-state index in [2.05, 4.69) is 50.3 Å². The van der Waals surface area contributed by atoms with Crippen molar-refractivity contribution in [2.75, 3.05) is 5.32 Å². The molecule has 0 spiro atoms. The van der Waals surface area contributed by atoms with E-state index in [0.29, 0.717) is 5.56 Å². The van der Waals surface area contributed by atoms with E-state index in [1.54, 1.807) is 29.9 Å². The highest BCUT2D eigenvalue weighted by molar-refractivity contribution is 7.99. The van der Waals surface area contributed by atoms with Crippen molar-refractivity contribution in [2.45, 2.75) is 27.6 Å². The van der Waals surface area contributed by atoms with Crippen molar-refractivity contribution in [1.29, 1.82) is 0 Å². The molecule has 4 aromatic rings. The van der Waals surface area contributed by atoms with Crippen molar-refractivity contribution in [3.8, 4) is 0 Å². The van der Waals surface area contributed by atoms with Gasteiger partial charge in [-0.1, -0.05) is 53.9 Å². The normalized spacial score (nSPS) is 12.5. The van der Waals surface area contributed by atoms with Gasteiger partial charge < -0.3 is 9.88 Å². The molecule has 0 saturated carbocycles. The number of thioether (sulfide) groups is 1. The first-order valence-electron chi connectivity index (χ1n) is 10.7. The van der Waals surface area contributed by atoms with Crippen molar-refractivity contribution in [3.05, 3.63) is 89.7 Å².